The zero-order valence-corrected chi connectivity index (χ0v) is 16.3. The molecular formula is C18H28N6O3. The number of ether oxygens (including phenoxy) is 3. The number of tetrazole rings is 1. The highest BCUT2D eigenvalue weighted by Gasteiger charge is 2.12. The summed E-state index contributed by atoms with van der Waals surface area (Å²) < 4.78 is 18.5. The van der Waals surface area contributed by atoms with Gasteiger partial charge in [0.2, 0.25) is 0 Å². The van der Waals surface area contributed by atoms with Crippen molar-refractivity contribution >= 4 is 0 Å². The van der Waals surface area contributed by atoms with Crippen LogP contribution in [0.3, 0.4) is 0 Å². The molecule has 0 amide bonds. The van der Waals surface area contributed by atoms with Crippen molar-refractivity contribution < 1.29 is 14.2 Å². The maximum Gasteiger partial charge on any atom is 0.164 e. The van der Waals surface area contributed by atoms with Gasteiger partial charge in [-0.15, -0.1) is 5.10 Å². The molecule has 27 heavy (non-hydrogen) atoms. The van der Waals surface area contributed by atoms with E-state index in [2.05, 4.69) is 31.4 Å². The maximum absolute atomic E-state index is 5.94. The van der Waals surface area contributed by atoms with Gasteiger partial charge in [-0.3, -0.25) is 9.80 Å². The molecule has 1 aliphatic rings. The Morgan fingerprint density at radius 2 is 2.00 bits per heavy atom. The minimum absolute atomic E-state index is 0.634. The van der Waals surface area contributed by atoms with Crippen LogP contribution >= 0.6 is 0 Å². The first-order valence-electron chi connectivity index (χ1n) is 9.15. The summed E-state index contributed by atoms with van der Waals surface area (Å²) in [7, 11) is 5.55. The van der Waals surface area contributed by atoms with E-state index < -0.39 is 0 Å². The minimum atomic E-state index is 0.634. The van der Waals surface area contributed by atoms with E-state index in [0.717, 1.165) is 62.3 Å². The lowest BCUT2D eigenvalue weighted by Crippen LogP contribution is -2.38. The highest BCUT2D eigenvalue weighted by molar-refractivity contribution is 5.43. The summed E-state index contributed by atoms with van der Waals surface area (Å²) >= 11 is 0. The van der Waals surface area contributed by atoms with Crippen LogP contribution in [0.15, 0.2) is 18.2 Å². The molecule has 148 valence electrons. The standard InChI is InChI=1S/C18H28N6O3/c1-22(14-18-19-20-21-23(18)2)13-15-4-5-16(17(12-15)25-3)27-11-8-24-6-9-26-10-7-24/h4-5,12H,6-11,13-14H2,1-3H3. The second kappa shape index (κ2) is 9.63. The third kappa shape index (κ3) is 5.62. The van der Waals surface area contributed by atoms with Gasteiger partial charge in [0, 0.05) is 33.2 Å². The van der Waals surface area contributed by atoms with Crippen molar-refractivity contribution in [1.82, 2.24) is 30.0 Å². The molecule has 0 radical (unpaired) electrons. The van der Waals surface area contributed by atoms with E-state index in [9.17, 15) is 0 Å². The van der Waals surface area contributed by atoms with Gasteiger partial charge < -0.3 is 14.2 Å². The fourth-order valence-electron chi connectivity index (χ4n) is 3.03. The lowest BCUT2D eigenvalue weighted by Gasteiger charge is -2.26. The Morgan fingerprint density at radius 3 is 2.70 bits per heavy atom. The number of methoxy groups -OCH3 is 1. The van der Waals surface area contributed by atoms with E-state index in [0.29, 0.717) is 13.2 Å². The van der Waals surface area contributed by atoms with Crippen molar-refractivity contribution in [3.8, 4) is 11.5 Å². The first-order chi connectivity index (χ1) is 13.2. The van der Waals surface area contributed by atoms with Crippen molar-refractivity contribution in [2.75, 3.05) is 53.6 Å². The van der Waals surface area contributed by atoms with E-state index in [4.69, 9.17) is 14.2 Å². The predicted octanol–water partition coefficient (Wildman–Crippen LogP) is 0.562. The lowest BCUT2D eigenvalue weighted by molar-refractivity contribution is 0.0321. The molecule has 0 unspecified atom stereocenters. The zero-order valence-electron chi connectivity index (χ0n) is 16.3. The Morgan fingerprint density at radius 1 is 1.19 bits per heavy atom. The molecule has 2 heterocycles. The molecule has 0 atom stereocenters. The Bertz CT molecular complexity index is 717. The van der Waals surface area contributed by atoms with Gasteiger partial charge >= 0.3 is 0 Å². The molecule has 2 aromatic rings. The van der Waals surface area contributed by atoms with Crippen LogP contribution in [0.25, 0.3) is 0 Å². The summed E-state index contributed by atoms with van der Waals surface area (Å²) in [6, 6.07) is 6.07. The minimum Gasteiger partial charge on any atom is -0.493 e. The Kier molecular flexibility index (Phi) is 6.97. The summed E-state index contributed by atoms with van der Waals surface area (Å²) in [5.41, 5.74) is 1.14. The third-order valence-electron chi connectivity index (χ3n) is 4.57. The van der Waals surface area contributed by atoms with Gasteiger partial charge in [0.1, 0.15) is 6.61 Å². The summed E-state index contributed by atoms with van der Waals surface area (Å²) in [5, 5.41) is 11.6. The molecule has 1 aliphatic heterocycles. The number of benzene rings is 1. The highest BCUT2D eigenvalue weighted by atomic mass is 16.5. The van der Waals surface area contributed by atoms with Crippen molar-refractivity contribution in [3.05, 3.63) is 29.6 Å². The Labute approximate surface area is 159 Å². The fourth-order valence-corrected chi connectivity index (χ4v) is 3.03. The monoisotopic (exact) mass is 376 g/mol. The molecule has 9 heteroatoms. The SMILES string of the molecule is COc1cc(CN(C)Cc2nnnn2C)ccc1OCCN1CCOCC1. The molecule has 0 aliphatic carbocycles. The Balaban J connectivity index is 1.52. The van der Waals surface area contributed by atoms with Gasteiger partial charge in [-0.25, -0.2) is 4.68 Å². The van der Waals surface area contributed by atoms with Gasteiger partial charge in [-0.2, -0.15) is 0 Å². The second-order valence-electron chi connectivity index (χ2n) is 6.68. The lowest BCUT2D eigenvalue weighted by atomic mass is 10.2. The largest absolute Gasteiger partial charge is 0.493 e. The second-order valence-corrected chi connectivity index (χ2v) is 6.68. The molecule has 1 saturated heterocycles. The predicted molar refractivity (Wildman–Crippen MR) is 99.7 cm³/mol. The number of hydrogen-bond acceptors (Lipinski definition) is 8. The Hall–Kier alpha value is -2.23. The van der Waals surface area contributed by atoms with E-state index in [1.165, 1.54) is 0 Å². The average Bonchev–Trinajstić information content (AvgIpc) is 3.08. The molecule has 0 spiro atoms. The molecule has 0 bridgehead atoms. The molecule has 1 aromatic carbocycles. The van der Waals surface area contributed by atoms with Crippen LogP contribution in [0, 0.1) is 0 Å². The molecular weight excluding hydrogens is 348 g/mol. The smallest absolute Gasteiger partial charge is 0.164 e. The zero-order chi connectivity index (χ0) is 19.1. The first kappa shape index (κ1) is 19.5. The van der Waals surface area contributed by atoms with Crippen LogP contribution in [-0.4, -0.2) is 83.6 Å². The third-order valence-corrected chi connectivity index (χ3v) is 4.57. The molecule has 9 nitrogen and oxygen atoms in total. The number of aromatic nitrogens is 4. The van der Waals surface area contributed by atoms with Crippen LogP contribution in [0.5, 0.6) is 11.5 Å². The van der Waals surface area contributed by atoms with Crippen molar-refractivity contribution in [2.45, 2.75) is 13.1 Å². The van der Waals surface area contributed by atoms with Crippen molar-refractivity contribution in [2.24, 2.45) is 7.05 Å². The van der Waals surface area contributed by atoms with E-state index in [-0.39, 0.29) is 0 Å². The number of morpholine rings is 1. The fraction of sp³-hybridized carbons (Fsp3) is 0.611. The number of hydrogen-bond donors (Lipinski definition) is 0. The molecule has 1 aromatic heterocycles. The number of nitrogens with zero attached hydrogens (tertiary/aromatic N) is 6. The van der Waals surface area contributed by atoms with Gasteiger partial charge in [-0.05, 0) is 35.2 Å². The summed E-state index contributed by atoms with van der Waals surface area (Å²) in [6.45, 7) is 6.49. The van der Waals surface area contributed by atoms with Crippen LogP contribution in [0.1, 0.15) is 11.4 Å². The molecule has 3 rings (SSSR count). The van der Waals surface area contributed by atoms with Gasteiger partial charge in [0.25, 0.3) is 0 Å². The van der Waals surface area contributed by atoms with Crippen LogP contribution < -0.4 is 9.47 Å². The summed E-state index contributed by atoms with van der Waals surface area (Å²) in [4.78, 5) is 4.50. The first-order valence-corrected chi connectivity index (χ1v) is 9.15. The van der Waals surface area contributed by atoms with E-state index in [1.807, 2.05) is 26.2 Å². The van der Waals surface area contributed by atoms with Crippen molar-refractivity contribution in [1.29, 1.82) is 0 Å². The highest BCUT2D eigenvalue weighted by Crippen LogP contribution is 2.28. The number of aryl methyl sites for hydroxylation is 1. The normalized spacial score (nSPS) is 15.3. The van der Waals surface area contributed by atoms with Crippen LogP contribution in [-0.2, 0) is 24.9 Å². The molecule has 0 N–H and O–H groups in total. The number of rotatable bonds is 9. The molecule has 0 saturated carbocycles. The van der Waals surface area contributed by atoms with E-state index >= 15 is 0 Å². The van der Waals surface area contributed by atoms with Gasteiger partial charge in [0.05, 0.1) is 26.9 Å². The van der Waals surface area contributed by atoms with Crippen LogP contribution in [0.4, 0.5) is 0 Å². The van der Waals surface area contributed by atoms with Gasteiger partial charge in [0.15, 0.2) is 17.3 Å². The quantitative estimate of drug-likeness (QED) is 0.628. The topological polar surface area (TPSA) is 77.8 Å². The summed E-state index contributed by atoms with van der Waals surface area (Å²) in [5.74, 6) is 2.35. The molecule has 1 fully saturated rings. The average molecular weight is 376 g/mol. The maximum atomic E-state index is 5.94. The van der Waals surface area contributed by atoms with E-state index in [1.54, 1.807) is 11.8 Å². The van der Waals surface area contributed by atoms with Crippen molar-refractivity contribution in [3.63, 3.8) is 0 Å². The summed E-state index contributed by atoms with van der Waals surface area (Å²) in [6.07, 6.45) is 0. The van der Waals surface area contributed by atoms with Crippen LogP contribution in [0.2, 0.25) is 0 Å². The van der Waals surface area contributed by atoms with Gasteiger partial charge in [-0.1, -0.05) is 6.07 Å².